The number of halogens is 1. The van der Waals surface area contributed by atoms with Crippen molar-refractivity contribution in [3.63, 3.8) is 0 Å². The highest BCUT2D eigenvalue weighted by Gasteiger charge is 2.15. The summed E-state index contributed by atoms with van der Waals surface area (Å²) < 4.78 is 0. The zero-order chi connectivity index (χ0) is 17.9. The van der Waals surface area contributed by atoms with Crippen LogP contribution in [0.15, 0.2) is 24.3 Å². The summed E-state index contributed by atoms with van der Waals surface area (Å²) in [5, 5.41) is 0.701. The second-order valence-corrected chi connectivity index (χ2v) is 6.45. The Morgan fingerprint density at radius 1 is 1.00 bits per heavy atom. The van der Waals surface area contributed by atoms with E-state index < -0.39 is 0 Å². The smallest absolute Gasteiger partial charge is 0.224 e. The van der Waals surface area contributed by atoms with Gasteiger partial charge in [-0.2, -0.15) is 0 Å². The number of hydrogen-bond donors (Lipinski definition) is 0. The van der Waals surface area contributed by atoms with Crippen LogP contribution in [-0.2, 0) is 16.0 Å². The Morgan fingerprint density at radius 3 is 2.21 bits per heavy atom. The minimum absolute atomic E-state index is 0.00219. The summed E-state index contributed by atoms with van der Waals surface area (Å²) in [5.41, 5.74) is 1.10. The lowest BCUT2D eigenvalue weighted by atomic mass is 10.1. The quantitative estimate of drug-likeness (QED) is 0.643. The van der Waals surface area contributed by atoms with E-state index in [1.165, 1.54) is 0 Å². The second kappa shape index (κ2) is 11.1. The van der Waals surface area contributed by atoms with E-state index in [4.69, 9.17) is 11.6 Å². The molecule has 0 aliphatic heterocycles. The van der Waals surface area contributed by atoms with Crippen LogP contribution < -0.4 is 0 Å². The molecular formula is C19H29ClN2O2. The van der Waals surface area contributed by atoms with Crippen LogP contribution in [0.5, 0.6) is 0 Å². The number of amides is 2. The fraction of sp³-hybridized carbons (Fsp3) is 0.579. The Morgan fingerprint density at radius 2 is 1.67 bits per heavy atom. The summed E-state index contributed by atoms with van der Waals surface area (Å²) in [6.45, 7) is 8.34. The first-order valence-electron chi connectivity index (χ1n) is 8.75. The number of benzene rings is 1. The lowest BCUT2D eigenvalue weighted by Gasteiger charge is -2.25. The third-order valence-electron chi connectivity index (χ3n) is 3.94. The molecule has 0 spiro atoms. The van der Waals surface area contributed by atoms with Crippen LogP contribution >= 0.6 is 11.6 Å². The molecule has 0 aromatic heterocycles. The largest absolute Gasteiger partial charge is 0.343 e. The lowest BCUT2D eigenvalue weighted by molar-refractivity contribution is -0.133. The van der Waals surface area contributed by atoms with E-state index in [1.807, 2.05) is 29.2 Å². The highest BCUT2D eigenvalue weighted by molar-refractivity contribution is 6.30. The predicted octanol–water partition coefficient (Wildman–Crippen LogP) is 3.77. The maximum Gasteiger partial charge on any atom is 0.224 e. The average molecular weight is 353 g/mol. The van der Waals surface area contributed by atoms with Gasteiger partial charge in [0.25, 0.3) is 0 Å². The molecule has 0 atom stereocenters. The maximum absolute atomic E-state index is 12.3. The lowest BCUT2D eigenvalue weighted by Crippen LogP contribution is -2.37. The van der Waals surface area contributed by atoms with Gasteiger partial charge in [-0.25, -0.2) is 0 Å². The molecule has 5 heteroatoms. The second-order valence-electron chi connectivity index (χ2n) is 6.02. The Hall–Kier alpha value is -1.55. The zero-order valence-corrected chi connectivity index (χ0v) is 15.8. The van der Waals surface area contributed by atoms with Crippen molar-refractivity contribution < 1.29 is 9.59 Å². The Balaban J connectivity index is 2.53. The number of nitrogens with zero attached hydrogens (tertiary/aromatic N) is 2. The van der Waals surface area contributed by atoms with E-state index in [0.29, 0.717) is 24.5 Å². The molecule has 0 heterocycles. The SMILES string of the molecule is CCCN(CCC)C(=O)CCN(CCc1cccc(Cl)c1)C(C)=O. The van der Waals surface area contributed by atoms with Crippen LogP contribution in [0.1, 0.15) is 45.6 Å². The molecule has 0 fully saturated rings. The number of rotatable bonds is 10. The summed E-state index contributed by atoms with van der Waals surface area (Å²) in [7, 11) is 0. The van der Waals surface area contributed by atoms with Crippen LogP contribution in [0.4, 0.5) is 0 Å². The first kappa shape index (κ1) is 20.5. The van der Waals surface area contributed by atoms with Crippen molar-refractivity contribution in [3.05, 3.63) is 34.9 Å². The molecule has 0 unspecified atom stereocenters. The average Bonchev–Trinajstić information content (AvgIpc) is 2.54. The molecule has 1 aromatic carbocycles. The molecule has 0 saturated carbocycles. The first-order valence-corrected chi connectivity index (χ1v) is 9.13. The molecule has 134 valence electrons. The summed E-state index contributed by atoms with van der Waals surface area (Å²) in [4.78, 5) is 27.8. The number of carbonyl (C=O) groups excluding carboxylic acids is 2. The number of hydrogen-bond acceptors (Lipinski definition) is 2. The van der Waals surface area contributed by atoms with E-state index in [2.05, 4.69) is 13.8 Å². The van der Waals surface area contributed by atoms with E-state index in [-0.39, 0.29) is 11.8 Å². The van der Waals surface area contributed by atoms with E-state index >= 15 is 0 Å². The first-order chi connectivity index (χ1) is 11.5. The van der Waals surface area contributed by atoms with Gasteiger partial charge in [0.15, 0.2) is 0 Å². The molecule has 24 heavy (non-hydrogen) atoms. The summed E-state index contributed by atoms with van der Waals surface area (Å²) >= 11 is 5.99. The molecule has 4 nitrogen and oxygen atoms in total. The third kappa shape index (κ3) is 7.35. The van der Waals surface area contributed by atoms with Crippen LogP contribution in [0.25, 0.3) is 0 Å². The van der Waals surface area contributed by atoms with Gasteiger partial charge in [-0.05, 0) is 37.0 Å². The summed E-state index contributed by atoms with van der Waals surface area (Å²) in [5.74, 6) is 0.134. The minimum Gasteiger partial charge on any atom is -0.343 e. The van der Waals surface area contributed by atoms with Gasteiger partial charge in [0, 0.05) is 44.5 Å². The van der Waals surface area contributed by atoms with Crippen molar-refractivity contribution in [2.45, 2.75) is 46.5 Å². The molecule has 0 bridgehead atoms. The van der Waals surface area contributed by atoms with Gasteiger partial charge < -0.3 is 9.80 Å². The van der Waals surface area contributed by atoms with Crippen molar-refractivity contribution in [2.75, 3.05) is 26.2 Å². The monoisotopic (exact) mass is 352 g/mol. The van der Waals surface area contributed by atoms with Crippen LogP contribution in [0.3, 0.4) is 0 Å². The van der Waals surface area contributed by atoms with E-state index in [1.54, 1.807) is 11.8 Å². The van der Waals surface area contributed by atoms with E-state index in [9.17, 15) is 9.59 Å². The van der Waals surface area contributed by atoms with E-state index in [0.717, 1.165) is 37.9 Å². The van der Waals surface area contributed by atoms with Gasteiger partial charge >= 0.3 is 0 Å². The van der Waals surface area contributed by atoms with Crippen molar-refractivity contribution in [3.8, 4) is 0 Å². The van der Waals surface area contributed by atoms with Crippen molar-refractivity contribution in [2.24, 2.45) is 0 Å². The van der Waals surface area contributed by atoms with Crippen LogP contribution in [0.2, 0.25) is 5.02 Å². The molecule has 0 radical (unpaired) electrons. The highest BCUT2D eigenvalue weighted by Crippen LogP contribution is 2.12. The molecular weight excluding hydrogens is 324 g/mol. The molecule has 1 aromatic rings. The van der Waals surface area contributed by atoms with Gasteiger partial charge in [0.05, 0.1) is 0 Å². The van der Waals surface area contributed by atoms with Gasteiger partial charge in [-0.3, -0.25) is 9.59 Å². The third-order valence-corrected chi connectivity index (χ3v) is 4.18. The van der Waals surface area contributed by atoms with Crippen LogP contribution in [0, 0.1) is 0 Å². The topological polar surface area (TPSA) is 40.6 Å². The summed E-state index contributed by atoms with van der Waals surface area (Å²) in [6.07, 6.45) is 3.03. The molecule has 0 aliphatic carbocycles. The summed E-state index contributed by atoms with van der Waals surface area (Å²) in [6, 6.07) is 7.66. The van der Waals surface area contributed by atoms with Crippen molar-refractivity contribution >= 4 is 23.4 Å². The van der Waals surface area contributed by atoms with Gasteiger partial charge in [0.1, 0.15) is 0 Å². The predicted molar refractivity (Wildman–Crippen MR) is 99.2 cm³/mol. The van der Waals surface area contributed by atoms with Crippen molar-refractivity contribution in [1.82, 2.24) is 9.80 Å². The fourth-order valence-corrected chi connectivity index (χ4v) is 2.89. The zero-order valence-electron chi connectivity index (χ0n) is 15.1. The highest BCUT2D eigenvalue weighted by atomic mass is 35.5. The van der Waals surface area contributed by atoms with Gasteiger partial charge in [-0.15, -0.1) is 0 Å². The fourth-order valence-electron chi connectivity index (χ4n) is 2.67. The molecule has 0 N–H and O–H groups in total. The normalized spacial score (nSPS) is 10.5. The standard InChI is InChI=1S/C19H29ClN2O2/c1-4-11-22(12-5-2)19(24)10-14-21(16(3)23)13-9-17-7-6-8-18(20)15-17/h6-8,15H,4-5,9-14H2,1-3H3. The molecule has 0 aliphatic rings. The Labute approximate surface area is 150 Å². The number of carbonyl (C=O) groups is 2. The van der Waals surface area contributed by atoms with Crippen molar-refractivity contribution in [1.29, 1.82) is 0 Å². The Bertz CT molecular complexity index is 528. The molecule has 1 rings (SSSR count). The maximum atomic E-state index is 12.3. The van der Waals surface area contributed by atoms with Gasteiger partial charge in [0.2, 0.25) is 11.8 Å². The van der Waals surface area contributed by atoms with Crippen LogP contribution in [-0.4, -0.2) is 47.8 Å². The minimum atomic E-state index is 0.00219. The molecule has 2 amide bonds. The van der Waals surface area contributed by atoms with Gasteiger partial charge in [-0.1, -0.05) is 37.6 Å². The Kier molecular flexibility index (Phi) is 9.46. The molecule has 0 saturated heterocycles.